The van der Waals surface area contributed by atoms with Crippen LogP contribution in [0.15, 0.2) is 52.7 Å². The molecule has 30 heavy (non-hydrogen) atoms. The van der Waals surface area contributed by atoms with Crippen molar-refractivity contribution < 1.29 is 28.6 Å². The molecular weight excluding hydrogens is 434 g/mol. The van der Waals surface area contributed by atoms with Gasteiger partial charge in [-0.3, -0.25) is 4.79 Å². The van der Waals surface area contributed by atoms with Crippen LogP contribution in [0.2, 0.25) is 0 Å². The first-order chi connectivity index (χ1) is 14.3. The van der Waals surface area contributed by atoms with Crippen molar-refractivity contribution in [2.45, 2.75) is 11.8 Å². The lowest BCUT2D eigenvalue weighted by Gasteiger charge is -2.08. The zero-order valence-corrected chi connectivity index (χ0v) is 17.0. The highest BCUT2D eigenvalue weighted by Crippen LogP contribution is 2.38. The van der Waals surface area contributed by atoms with E-state index in [0.717, 1.165) is 23.1 Å². The Labute approximate surface area is 177 Å². The molecule has 10 heteroatoms. The van der Waals surface area contributed by atoms with Gasteiger partial charge in [0.05, 0.1) is 0 Å². The Morgan fingerprint density at radius 2 is 1.80 bits per heavy atom. The normalized spacial score (nSPS) is 11.4. The Morgan fingerprint density at radius 1 is 1.10 bits per heavy atom. The van der Waals surface area contributed by atoms with Gasteiger partial charge in [0.25, 0.3) is 0 Å². The maximum absolute atomic E-state index is 14.4. The van der Waals surface area contributed by atoms with Crippen LogP contribution in [0.4, 0.5) is 13.8 Å². The molecule has 0 bridgehead atoms. The number of anilines is 1. The van der Waals surface area contributed by atoms with Crippen molar-refractivity contribution in [3.05, 3.63) is 75.8 Å². The summed E-state index contributed by atoms with van der Waals surface area (Å²) < 4.78 is 28.3. The second-order valence-electron chi connectivity index (χ2n) is 6.02. The molecule has 0 aliphatic carbocycles. The Hall–Kier alpha value is -3.24. The molecule has 0 saturated heterocycles. The maximum atomic E-state index is 14.4. The minimum Gasteiger partial charge on any atom is -0.624 e. The van der Waals surface area contributed by atoms with Crippen molar-refractivity contribution in [2.24, 2.45) is 0 Å². The number of amides is 1. The molecule has 0 saturated carbocycles. The Morgan fingerprint density at radius 3 is 2.43 bits per heavy atom. The standard InChI is InChI=1S/C20H14F2N2O4S2/c1-10-7-8-12(16(22)15(10)21)13-9-29-18(14(13)20(26)27)23-17(25)19(24-28)30-11-5-3-2-4-6-11/h2-9,24H,1H3,(H2-,23,25,26,27,28). The number of aromatic carboxylic acids is 1. The molecule has 154 valence electrons. The summed E-state index contributed by atoms with van der Waals surface area (Å²) in [6.07, 6.45) is 0. The molecular formula is C20H14F2N2O4S2. The van der Waals surface area contributed by atoms with Crippen molar-refractivity contribution in [3.8, 4) is 11.1 Å². The molecule has 3 aromatic rings. The molecule has 1 heterocycles. The number of aryl methyl sites for hydroxylation is 1. The highest BCUT2D eigenvalue weighted by atomic mass is 32.2. The number of carboxylic acids is 1. The van der Waals surface area contributed by atoms with Crippen LogP contribution < -0.4 is 10.5 Å². The van der Waals surface area contributed by atoms with E-state index in [1.54, 1.807) is 35.5 Å². The Kier molecular flexibility index (Phi) is 6.48. The first-order valence-corrected chi connectivity index (χ1v) is 10.1. The van der Waals surface area contributed by atoms with Crippen molar-refractivity contribution in [1.82, 2.24) is 0 Å². The number of rotatable bonds is 4. The van der Waals surface area contributed by atoms with Crippen molar-refractivity contribution in [2.75, 3.05) is 5.32 Å². The summed E-state index contributed by atoms with van der Waals surface area (Å²) >= 11 is 1.69. The van der Waals surface area contributed by atoms with E-state index in [9.17, 15) is 28.7 Å². The van der Waals surface area contributed by atoms with Gasteiger partial charge in [-0.1, -0.05) is 30.3 Å². The maximum Gasteiger partial charge on any atom is 0.339 e. The third-order valence-electron chi connectivity index (χ3n) is 4.06. The smallest absolute Gasteiger partial charge is 0.339 e. The molecule has 1 amide bonds. The second-order valence-corrected chi connectivity index (χ2v) is 7.98. The van der Waals surface area contributed by atoms with E-state index in [-0.39, 0.29) is 26.7 Å². The van der Waals surface area contributed by atoms with Crippen LogP contribution >= 0.6 is 23.1 Å². The van der Waals surface area contributed by atoms with Crippen LogP contribution in [0, 0.1) is 23.8 Å². The quantitative estimate of drug-likeness (QED) is 0.187. The molecule has 0 atom stereocenters. The van der Waals surface area contributed by atoms with Crippen molar-refractivity contribution in [1.29, 1.82) is 0 Å². The summed E-state index contributed by atoms with van der Waals surface area (Å²) in [4.78, 5) is 24.9. The van der Waals surface area contributed by atoms with E-state index in [1.807, 2.05) is 0 Å². The summed E-state index contributed by atoms with van der Waals surface area (Å²) in [5, 5.41) is 25.7. The fourth-order valence-corrected chi connectivity index (χ4v) is 4.26. The Bertz CT molecular complexity index is 1150. The van der Waals surface area contributed by atoms with Gasteiger partial charge >= 0.3 is 16.9 Å². The molecule has 0 radical (unpaired) electrons. The number of benzene rings is 2. The lowest BCUT2D eigenvalue weighted by molar-refractivity contribution is -0.368. The fraction of sp³-hybridized carbons (Fsp3) is 0.0500. The molecule has 0 unspecified atom stereocenters. The zero-order chi connectivity index (χ0) is 21.8. The van der Waals surface area contributed by atoms with E-state index < -0.39 is 29.1 Å². The van der Waals surface area contributed by atoms with Gasteiger partial charge in [0.15, 0.2) is 11.6 Å². The van der Waals surface area contributed by atoms with Gasteiger partial charge in [0, 0.05) is 21.4 Å². The van der Waals surface area contributed by atoms with E-state index in [1.165, 1.54) is 24.4 Å². The van der Waals surface area contributed by atoms with Crippen LogP contribution in [-0.2, 0) is 4.79 Å². The summed E-state index contributed by atoms with van der Waals surface area (Å²) in [7, 11) is 0. The number of carboxylic acid groups (broad SMARTS) is 1. The lowest BCUT2D eigenvalue weighted by atomic mass is 10.0. The average Bonchev–Trinajstić information content (AvgIpc) is 3.14. The summed E-state index contributed by atoms with van der Waals surface area (Å²) in [5.41, 5.74) is -0.635. The number of thiophene rings is 1. The SMILES string of the molecule is Cc1ccc(-c2csc(NC(=O)/C(=[NH+]\[O-])Sc3ccccc3)c2C(=O)O)c(F)c1F. The molecule has 6 nitrogen and oxygen atoms in total. The van der Waals surface area contributed by atoms with Crippen LogP contribution in [0.5, 0.6) is 0 Å². The number of hydrogen-bond donors (Lipinski definition) is 3. The molecule has 3 N–H and O–H groups in total. The number of halogens is 2. The Balaban J connectivity index is 1.93. The minimum atomic E-state index is -1.44. The third kappa shape index (κ3) is 4.34. The molecule has 0 aliphatic rings. The van der Waals surface area contributed by atoms with Crippen LogP contribution in [0.3, 0.4) is 0 Å². The molecule has 3 rings (SSSR count). The predicted molar refractivity (Wildman–Crippen MR) is 112 cm³/mol. The average molecular weight is 448 g/mol. The predicted octanol–water partition coefficient (Wildman–Crippen LogP) is 3.41. The lowest BCUT2D eigenvalue weighted by Crippen LogP contribution is -2.67. The molecule has 2 aromatic carbocycles. The van der Waals surface area contributed by atoms with Gasteiger partial charge in [-0.2, -0.15) is 0 Å². The first kappa shape index (κ1) is 21.5. The van der Waals surface area contributed by atoms with Gasteiger partial charge < -0.3 is 15.6 Å². The van der Waals surface area contributed by atoms with E-state index in [2.05, 4.69) is 5.32 Å². The molecule has 0 spiro atoms. The second kappa shape index (κ2) is 9.06. The van der Waals surface area contributed by atoms with E-state index in [0.29, 0.717) is 4.90 Å². The summed E-state index contributed by atoms with van der Waals surface area (Å²) in [5.74, 6) is -4.55. The fourth-order valence-electron chi connectivity index (χ4n) is 2.59. The van der Waals surface area contributed by atoms with Gasteiger partial charge in [-0.05, 0) is 36.4 Å². The zero-order valence-electron chi connectivity index (χ0n) is 15.4. The van der Waals surface area contributed by atoms with Gasteiger partial charge in [-0.15, -0.1) is 11.3 Å². The minimum absolute atomic E-state index is 0.0773. The van der Waals surface area contributed by atoms with Crippen LogP contribution in [0.1, 0.15) is 15.9 Å². The van der Waals surface area contributed by atoms with Gasteiger partial charge in [0.2, 0.25) is 0 Å². The monoisotopic (exact) mass is 448 g/mol. The number of hydrogen-bond acceptors (Lipinski definition) is 5. The van der Waals surface area contributed by atoms with Crippen LogP contribution in [-0.4, -0.2) is 22.0 Å². The number of carbonyl (C=O) groups excluding carboxylic acids is 1. The third-order valence-corrected chi connectivity index (χ3v) is 5.94. The summed E-state index contributed by atoms with van der Waals surface area (Å²) in [6, 6.07) is 11.2. The highest BCUT2D eigenvalue weighted by Gasteiger charge is 2.27. The largest absolute Gasteiger partial charge is 0.624 e. The van der Waals surface area contributed by atoms with Gasteiger partial charge in [-0.25, -0.2) is 18.7 Å². The highest BCUT2D eigenvalue weighted by molar-refractivity contribution is 8.15. The first-order valence-electron chi connectivity index (χ1n) is 8.42. The van der Waals surface area contributed by atoms with Gasteiger partial charge in [0.1, 0.15) is 10.6 Å². The van der Waals surface area contributed by atoms with E-state index in [4.69, 9.17) is 0 Å². The number of thioether (sulfide) groups is 1. The van der Waals surface area contributed by atoms with E-state index >= 15 is 0 Å². The van der Waals surface area contributed by atoms with Crippen molar-refractivity contribution >= 4 is 45.0 Å². The molecule has 0 aliphatic heterocycles. The number of carbonyl (C=O) groups is 2. The number of nitrogens with one attached hydrogen (secondary N) is 2. The topological polar surface area (TPSA) is 103 Å². The van der Waals surface area contributed by atoms with Crippen LogP contribution in [0.25, 0.3) is 11.1 Å². The molecule has 0 fully saturated rings. The van der Waals surface area contributed by atoms with Crippen molar-refractivity contribution in [3.63, 3.8) is 0 Å². The summed E-state index contributed by atoms with van der Waals surface area (Å²) in [6.45, 7) is 1.39. The molecule has 1 aromatic heterocycles.